The van der Waals surface area contributed by atoms with Gasteiger partial charge in [-0.3, -0.25) is 4.79 Å². The fourth-order valence-electron chi connectivity index (χ4n) is 2.64. The topological polar surface area (TPSA) is 65.4 Å². The van der Waals surface area contributed by atoms with Crippen molar-refractivity contribution >= 4 is 48.0 Å². The van der Waals surface area contributed by atoms with Gasteiger partial charge in [0, 0.05) is 10.6 Å². The Balaban J connectivity index is 1.88. The van der Waals surface area contributed by atoms with E-state index in [0.29, 0.717) is 27.6 Å². The van der Waals surface area contributed by atoms with Crippen LogP contribution in [0.5, 0.6) is 5.88 Å². The van der Waals surface area contributed by atoms with Crippen molar-refractivity contribution in [2.24, 2.45) is 4.99 Å². The molecule has 0 atom stereocenters. The molecule has 0 fully saturated rings. The lowest BCUT2D eigenvalue weighted by Gasteiger charge is -2.03. The third-order valence-electron chi connectivity index (χ3n) is 3.65. The predicted octanol–water partition coefficient (Wildman–Crippen LogP) is 4.21. The van der Waals surface area contributed by atoms with Crippen LogP contribution < -0.4 is 0 Å². The van der Waals surface area contributed by atoms with Gasteiger partial charge >= 0.3 is 0 Å². The maximum absolute atomic E-state index is 12.4. The smallest absolute Gasteiger partial charge is 0.280 e. The molecule has 0 unspecified atom stereocenters. The largest absolute Gasteiger partial charge is 0.494 e. The number of carbonyl (C=O) groups is 1. The molecule has 0 saturated heterocycles. The Kier molecular flexibility index (Phi) is 3.54. The molecule has 0 radical (unpaired) electrons. The van der Waals surface area contributed by atoms with E-state index in [1.54, 1.807) is 24.3 Å². The van der Waals surface area contributed by atoms with Crippen LogP contribution in [0.2, 0.25) is 5.02 Å². The number of aromatic hydroxyl groups is 1. The molecule has 1 aromatic carbocycles. The van der Waals surface area contributed by atoms with Gasteiger partial charge in [-0.15, -0.1) is 0 Å². The predicted molar refractivity (Wildman–Crippen MR) is 101 cm³/mol. The summed E-state index contributed by atoms with van der Waals surface area (Å²) in [5, 5.41) is 10.9. The summed E-state index contributed by atoms with van der Waals surface area (Å²) >= 11 is 5.74. The number of rotatable bonds is 2. The van der Waals surface area contributed by atoms with E-state index < -0.39 is 0 Å². The first-order valence-corrected chi connectivity index (χ1v) is 9.68. The second-order valence-corrected chi connectivity index (χ2v) is 7.54. The Morgan fingerprint density at radius 2 is 1.96 bits per heavy atom. The van der Waals surface area contributed by atoms with Crippen LogP contribution in [-0.4, -0.2) is 25.7 Å². The van der Waals surface area contributed by atoms with E-state index in [0.717, 1.165) is 11.1 Å². The minimum Gasteiger partial charge on any atom is -0.494 e. The van der Waals surface area contributed by atoms with Gasteiger partial charge in [0.2, 0.25) is 0 Å². The van der Waals surface area contributed by atoms with Crippen molar-refractivity contribution in [2.45, 2.75) is 0 Å². The Hall–Kier alpha value is -1.99. The van der Waals surface area contributed by atoms with Gasteiger partial charge in [-0.1, -0.05) is 56.6 Å². The van der Waals surface area contributed by atoms with E-state index in [1.165, 1.54) is 0 Å². The first-order chi connectivity index (χ1) is 11.1. The van der Waals surface area contributed by atoms with Crippen molar-refractivity contribution in [3.05, 3.63) is 62.2 Å². The van der Waals surface area contributed by atoms with Gasteiger partial charge in [-0.05, 0) is 25.8 Å². The first-order valence-electron chi connectivity index (χ1n) is 6.82. The maximum atomic E-state index is 12.4. The molecule has 4 rings (SSSR count). The van der Waals surface area contributed by atoms with Crippen LogP contribution in [0, 0.1) is 0 Å². The van der Waals surface area contributed by atoms with Crippen molar-refractivity contribution in [2.75, 3.05) is 0 Å². The summed E-state index contributed by atoms with van der Waals surface area (Å²) in [5.74, 6) is -0.366. The monoisotopic (exact) mass is 436 g/mol. The van der Waals surface area contributed by atoms with Crippen LogP contribution in [0.3, 0.4) is 0 Å². The average molecular weight is 437 g/mol. The van der Waals surface area contributed by atoms with Crippen LogP contribution in [0.15, 0.2) is 51.1 Å². The first kappa shape index (κ1) is 14.6. The number of aliphatic imine (C=N–C) groups is 1. The summed E-state index contributed by atoms with van der Waals surface area (Å²) in [6.45, 7) is 0. The molecule has 0 spiro atoms. The zero-order chi connectivity index (χ0) is 16.0. The van der Waals surface area contributed by atoms with Gasteiger partial charge in [0.1, 0.15) is 0 Å². The van der Waals surface area contributed by atoms with Crippen LogP contribution in [-0.2, 0) is 0 Å². The molecule has 0 bridgehead atoms. The molecule has 2 aliphatic heterocycles. The van der Waals surface area contributed by atoms with Crippen LogP contribution in [0.1, 0.15) is 15.9 Å². The Morgan fingerprint density at radius 1 is 1.17 bits per heavy atom. The van der Waals surface area contributed by atoms with Crippen molar-refractivity contribution in [1.82, 2.24) is 4.98 Å². The highest BCUT2D eigenvalue weighted by Gasteiger charge is 2.33. The number of allylic oxidation sites excluding steroid dienone is 3. The molecule has 1 amide bonds. The normalized spacial score (nSPS) is 16.0. The molecule has 114 valence electrons. The number of nitrogens with zero attached hydrogens (tertiary/aromatic N) is 1. The van der Waals surface area contributed by atoms with Gasteiger partial charge in [0.05, 0.1) is 22.5 Å². The number of nitrogens with one attached hydrogen (secondary N) is 1. The minimum atomic E-state index is -0.335. The number of H-pyrrole nitrogens is 1. The number of amides is 1. The summed E-state index contributed by atoms with van der Waals surface area (Å²) in [4.78, 5) is 19.5. The lowest BCUT2D eigenvalue weighted by molar-refractivity contribution is 0.101. The lowest BCUT2D eigenvalue weighted by atomic mass is 10.0. The molecule has 1 aromatic heterocycles. The lowest BCUT2D eigenvalue weighted by Crippen LogP contribution is -2.00. The molecule has 3 heterocycles. The summed E-state index contributed by atoms with van der Waals surface area (Å²) in [6, 6.07) is 7.10. The SMILES string of the molecule is O=C1N=C(C2=CI=CC=C2)c2c(O)[nH]c(-c3ccc(Cl)cc3)c21. The van der Waals surface area contributed by atoms with Gasteiger partial charge in [0.25, 0.3) is 5.91 Å². The Labute approximate surface area is 147 Å². The van der Waals surface area contributed by atoms with Crippen molar-refractivity contribution < 1.29 is 9.90 Å². The van der Waals surface area contributed by atoms with E-state index in [-0.39, 0.29) is 32.5 Å². The maximum Gasteiger partial charge on any atom is 0.280 e. The number of hydrogen-bond donors (Lipinski definition) is 2. The Morgan fingerprint density at radius 3 is 2.65 bits per heavy atom. The number of halogens is 2. The molecular weight excluding hydrogens is 427 g/mol. The average Bonchev–Trinajstić information content (AvgIpc) is 3.09. The van der Waals surface area contributed by atoms with E-state index in [9.17, 15) is 9.90 Å². The summed E-state index contributed by atoms with van der Waals surface area (Å²) in [7, 11) is 0. The third-order valence-corrected chi connectivity index (χ3v) is 5.77. The van der Waals surface area contributed by atoms with Crippen molar-refractivity contribution in [3.63, 3.8) is 0 Å². The highest BCUT2D eigenvalue weighted by Crippen LogP contribution is 2.38. The second kappa shape index (κ2) is 5.58. The number of fused-ring (bicyclic) bond motifs is 1. The van der Waals surface area contributed by atoms with E-state index >= 15 is 0 Å². The molecule has 0 aliphatic carbocycles. The fraction of sp³-hybridized carbons (Fsp3) is 0. The molecule has 0 saturated carbocycles. The Bertz CT molecular complexity index is 950. The zero-order valence-electron chi connectivity index (χ0n) is 11.7. The number of carbonyl (C=O) groups excluding carboxylic acids is 1. The molecule has 2 aromatic rings. The minimum absolute atomic E-state index is 0.0309. The number of aromatic amines is 1. The van der Waals surface area contributed by atoms with Gasteiger partial charge in [-0.2, -0.15) is 0 Å². The van der Waals surface area contributed by atoms with Gasteiger partial charge in [0.15, 0.2) is 5.88 Å². The van der Waals surface area contributed by atoms with Gasteiger partial charge in [-0.25, -0.2) is 4.99 Å². The fourth-order valence-corrected chi connectivity index (χ4v) is 4.31. The van der Waals surface area contributed by atoms with E-state index in [1.807, 2.05) is 12.2 Å². The molecular formula is C17H10ClIN2O2. The van der Waals surface area contributed by atoms with Gasteiger partial charge < -0.3 is 10.1 Å². The highest BCUT2D eigenvalue weighted by molar-refractivity contribution is 14.2. The number of hydrogen-bond acceptors (Lipinski definition) is 2. The quantitative estimate of drug-likeness (QED) is 0.693. The van der Waals surface area contributed by atoms with Crippen LogP contribution in [0.4, 0.5) is 0 Å². The molecule has 6 heteroatoms. The molecule has 23 heavy (non-hydrogen) atoms. The summed E-state index contributed by atoms with van der Waals surface area (Å²) in [5.41, 5.74) is 3.69. The zero-order valence-corrected chi connectivity index (χ0v) is 14.6. The van der Waals surface area contributed by atoms with Crippen molar-refractivity contribution in [3.8, 4) is 17.1 Å². The summed E-state index contributed by atoms with van der Waals surface area (Å²) in [6.07, 6.45) is 3.89. The number of aromatic nitrogens is 1. The number of benzene rings is 1. The molecule has 2 N–H and O–H groups in total. The van der Waals surface area contributed by atoms with Crippen molar-refractivity contribution in [1.29, 1.82) is 0 Å². The highest BCUT2D eigenvalue weighted by atomic mass is 127. The third kappa shape index (κ3) is 2.40. The summed E-state index contributed by atoms with van der Waals surface area (Å²) < 4.78 is 4.21. The van der Waals surface area contributed by atoms with Crippen LogP contribution >= 0.6 is 32.3 Å². The second-order valence-electron chi connectivity index (χ2n) is 5.05. The molecule has 4 nitrogen and oxygen atoms in total. The standard InChI is InChI=1S/C17H10ClIN2O2/c18-11-5-3-9(4-6-11)14-12-13(17(23)20-14)15(21-16(12)22)10-2-1-7-19-8-10/h1-8,20,23H. The molecule has 2 aliphatic rings. The van der Waals surface area contributed by atoms with E-state index in [4.69, 9.17) is 11.6 Å². The van der Waals surface area contributed by atoms with E-state index in [2.05, 4.69) is 18.1 Å². The van der Waals surface area contributed by atoms with Crippen LogP contribution in [0.25, 0.3) is 11.3 Å².